The Morgan fingerprint density at radius 1 is 1.29 bits per heavy atom. The molecule has 0 bridgehead atoms. The lowest BCUT2D eigenvalue weighted by atomic mass is 10.1. The van der Waals surface area contributed by atoms with Crippen LogP contribution in [-0.2, 0) is 0 Å². The first-order valence-corrected chi connectivity index (χ1v) is 7.31. The summed E-state index contributed by atoms with van der Waals surface area (Å²) in [6.45, 7) is 7.50. The Labute approximate surface area is 108 Å². The molecular weight excluding hydrogens is 230 g/mol. The third kappa shape index (κ3) is 3.65. The van der Waals surface area contributed by atoms with Crippen LogP contribution in [0.15, 0.2) is 24.3 Å². The molecule has 3 heteroatoms. The predicted molar refractivity (Wildman–Crippen MR) is 74.6 cm³/mol. The molecule has 0 amide bonds. The van der Waals surface area contributed by atoms with Crippen LogP contribution in [0.2, 0.25) is 0 Å². The monoisotopic (exact) mass is 251 g/mol. The van der Waals surface area contributed by atoms with Crippen LogP contribution >= 0.6 is 11.8 Å². The zero-order chi connectivity index (χ0) is 12.3. The predicted octanol–water partition coefficient (Wildman–Crippen LogP) is 3.44. The summed E-state index contributed by atoms with van der Waals surface area (Å²) < 4.78 is 5.65. The Hall–Kier alpha value is -0.670. The molecule has 1 saturated heterocycles. The van der Waals surface area contributed by atoms with Crippen LogP contribution in [-0.4, -0.2) is 18.4 Å². The van der Waals surface area contributed by atoms with Gasteiger partial charge in [-0.2, -0.15) is 0 Å². The summed E-state index contributed by atoms with van der Waals surface area (Å²) >= 11 is 1.99. The third-order valence-electron chi connectivity index (χ3n) is 2.75. The SMILES string of the molecule is CC1CNC(c2ccc(OC(C)C)cc2)SC1. The molecule has 0 saturated carbocycles. The van der Waals surface area contributed by atoms with Crippen molar-refractivity contribution in [2.45, 2.75) is 32.2 Å². The highest BCUT2D eigenvalue weighted by molar-refractivity contribution is 7.99. The maximum absolute atomic E-state index is 5.65. The van der Waals surface area contributed by atoms with Crippen LogP contribution in [0.5, 0.6) is 5.75 Å². The summed E-state index contributed by atoms with van der Waals surface area (Å²) in [7, 11) is 0. The fraction of sp³-hybridized carbons (Fsp3) is 0.571. The van der Waals surface area contributed by atoms with Crippen LogP contribution in [0.3, 0.4) is 0 Å². The van der Waals surface area contributed by atoms with Crippen LogP contribution < -0.4 is 10.1 Å². The van der Waals surface area contributed by atoms with E-state index >= 15 is 0 Å². The molecule has 2 nitrogen and oxygen atoms in total. The summed E-state index contributed by atoms with van der Waals surface area (Å²) in [4.78, 5) is 0. The quantitative estimate of drug-likeness (QED) is 0.889. The van der Waals surface area contributed by atoms with Crippen LogP contribution in [0.1, 0.15) is 31.7 Å². The van der Waals surface area contributed by atoms with Gasteiger partial charge in [0, 0.05) is 0 Å². The summed E-state index contributed by atoms with van der Waals surface area (Å²) in [6, 6.07) is 8.46. The zero-order valence-electron chi connectivity index (χ0n) is 10.8. The minimum atomic E-state index is 0.240. The third-order valence-corrected chi connectivity index (χ3v) is 4.29. The van der Waals surface area contributed by atoms with Crippen molar-refractivity contribution >= 4 is 11.8 Å². The van der Waals surface area contributed by atoms with Crippen molar-refractivity contribution in [3.05, 3.63) is 29.8 Å². The fourth-order valence-electron chi connectivity index (χ4n) is 1.89. The standard InChI is InChI=1S/C14H21NOS/c1-10(2)16-13-6-4-12(5-7-13)14-15-8-11(3)9-17-14/h4-7,10-11,14-15H,8-9H2,1-3H3. The van der Waals surface area contributed by atoms with Crippen molar-refractivity contribution < 1.29 is 4.74 Å². The molecular formula is C14H21NOS. The van der Waals surface area contributed by atoms with E-state index in [1.54, 1.807) is 0 Å². The van der Waals surface area contributed by atoms with Gasteiger partial charge < -0.3 is 10.1 Å². The Balaban J connectivity index is 1.97. The van der Waals surface area contributed by atoms with E-state index < -0.39 is 0 Å². The lowest BCUT2D eigenvalue weighted by Crippen LogP contribution is -2.31. The second-order valence-electron chi connectivity index (χ2n) is 4.96. The van der Waals surface area contributed by atoms with E-state index in [9.17, 15) is 0 Å². The van der Waals surface area contributed by atoms with E-state index in [1.165, 1.54) is 11.3 Å². The number of rotatable bonds is 3. The summed E-state index contributed by atoms with van der Waals surface area (Å²) in [5, 5.41) is 4.01. The summed E-state index contributed by atoms with van der Waals surface area (Å²) in [6.07, 6.45) is 0.240. The van der Waals surface area contributed by atoms with Gasteiger partial charge in [0.15, 0.2) is 0 Å². The van der Waals surface area contributed by atoms with Crippen molar-refractivity contribution in [3.63, 3.8) is 0 Å². The first-order chi connectivity index (χ1) is 8.15. The average molecular weight is 251 g/mol. The van der Waals surface area contributed by atoms with Gasteiger partial charge in [0.1, 0.15) is 5.75 Å². The number of benzene rings is 1. The van der Waals surface area contributed by atoms with Gasteiger partial charge in [0.2, 0.25) is 0 Å². The molecule has 0 aliphatic carbocycles. The largest absolute Gasteiger partial charge is 0.491 e. The van der Waals surface area contributed by atoms with Gasteiger partial charge in [-0.1, -0.05) is 19.1 Å². The lowest BCUT2D eigenvalue weighted by molar-refractivity contribution is 0.242. The Morgan fingerprint density at radius 2 is 2.00 bits per heavy atom. The van der Waals surface area contributed by atoms with Crippen LogP contribution in [0.4, 0.5) is 0 Å². The van der Waals surface area contributed by atoms with Gasteiger partial charge in [-0.15, -0.1) is 11.8 Å². The van der Waals surface area contributed by atoms with Crippen LogP contribution in [0.25, 0.3) is 0 Å². The van der Waals surface area contributed by atoms with Crippen molar-refractivity contribution in [2.75, 3.05) is 12.3 Å². The molecule has 2 rings (SSSR count). The van der Waals surface area contributed by atoms with Gasteiger partial charge in [0.25, 0.3) is 0 Å². The topological polar surface area (TPSA) is 21.3 Å². The van der Waals surface area contributed by atoms with Crippen molar-refractivity contribution in [2.24, 2.45) is 5.92 Å². The first kappa shape index (κ1) is 12.8. The molecule has 0 aromatic heterocycles. The molecule has 1 N–H and O–H groups in total. The summed E-state index contributed by atoms with van der Waals surface area (Å²) in [5.41, 5.74) is 1.35. The van der Waals surface area contributed by atoms with E-state index in [-0.39, 0.29) is 6.10 Å². The fourth-order valence-corrected chi connectivity index (χ4v) is 3.10. The molecule has 94 valence electrons. The number of hydrogen-bond donors (Lipinski definition) is 1. The minimum Gasteiger partial charge on any atom is -0.491 e. The van der Waals surface area contributed by atoms with Crippen molar-refractivity contribution in [1.29, 1.82) is 0 Å². The smallest absolute Gasteiger partial charge is 0.119 e. The number of hydrogen-bond acceptors (Lipinski definition) is 3. The normalized spacial score (nSPS) is 24.9. The maximum Gasteiger partial charge on any atom is 0.119 e. The molecule has 1 aromatic carbocycles. The van der Waals surface area contributed by atoms with Crippen molar-refractivity contribution in [3.8, 4) is 5.75 Å². The lowest BCUT2D eigenvalue weighted by Gasteiger charge is -2.27. The molecule has 17 heavy (non-hydrogen) atoms. The van der Waals surface area contributed by atoms with E-state index in [4.69, 9.17) is 4.74 Å². The van der Waals surface area contributed by atoms with Crippen molar-refractivity contribution in [1.82, 2.24) is 5.32 Å². The molecule has 1 aliphatic rings. The zero-order valence-corrected chi connectivity index (χ0v) is 11.6. The highest BCUT2D eigenvalue weighted by atomic mass is 32.2. The second kappa shape index (κ2) is 5.78. The van der Waals surface area contributed by atoms with Gasteiger partial charge in [-0.3, -0.25) is 0 Å². The molecule has 1 aromatic rings. The molecule has 1 heterocycles. The van der Waals surface area contributed by atoms with E-state index in [2.05, 4.69) is 36.5 Å². The molecule has 1 aliphatic heterocycles. The molecule has 1 fully saturated rings. The van der Waals surface area contributed by atoms with E-state index in [0.717, 1.165) is 18.2 Å². The minimum absolute atomic E-state index is 0.240. The molecule has 2 atom stereocenters. The van der Waals surface area contributed by atoms with Gasteiger partial charge in [-0.05, 0) is 49.8 Å². The number of nitrogens with one attached hydrogen (secondary N) is 1. The Morgan fingerprint density at radius 3 is 2.53 bits per heavy atom. The summed E-state index contributed by atoms with van der Waals surface area (Å²) in [5.74, 6) is 2.97. The Kier molecular flexibility index (Phi) is 4.35. The van der Waals surface area contributed by atoms with E-state index in [1.807, 2.05) is 25.6 Å². The Bertz CT molecular complexity index is 342. The molecule has 2 unspecified atom stereocenters. The van der Waals surface area contributed by atoms with E-state index in [0.29, 0.717) is 5.37 Å². The first-order valence-electron chi connectivity index (χ1n) is 6.27. The molecule has 0 spiro atoms. The van der Waals surface area contributed by atoms with Crippen LogP contribution in [0, 0.1) is 5.92 Å². The van der Waals surface area contributed by atoms with Gasteiger partial charge in [0.05, 0.1) is 11.5 Å². The maximum atomic E-state index is 5.65. The van der Waals surface area contributed by atoms with Gasteiger partial charge >= 0.3 is 0 Å². The number of thioether (sulfide) groups is 1. The molecule has 0 radical (unpaired) electrons. The van der Waals surface area contributed by atoms with Gasteiger partial charge in [-0.25, -0.2) is 0 Å². The highest BCUT2D eigenvalue weighted by Gasteiger charge is 2.19. The average Bonchev–Trinajstić information content (AvgIpc) is 2.30. The second-order valence-corrected chi connectivity index (χ2v) is 6.10. The highest BCUT2D eigenvalue weighted by Crippen LogP contribution is 2.32. The number of ether oxygens (including phenoxy) is 1.